The van der Waals surface area contributed by atoms with Gasteiger partial charge in [-0.2, -0.15) is 0 Å². The van der Waals surface area contributed by atoms with E-state index in [0.29, 0.717) is 18.5 Å². The van der Waals surface area contributed by atoms with E-state index in [1.54, 1.807) is 7.11 Å². The molecule has 0 aliphatic heterocycles. The smallest absolute Gasteiger partial charge is 0.0663 e. The monoisotopic (exact) mass is 305 g/mol. The molecule has 0 fully saturated rings. The number of ether oxygens (including phenoxy) is 1. The molecule has 0 saturated heterocycles. The molecule has 0 heterocycles. The molecule has 0 spiro atoms. The molecule has 0 aliphatic rings. The van der Waals surface area contributed by atoms with Crippen molar-refractivity contribution in [3.8, 4) is 0 Å². The van der Waals surface area contributed by atoms with Gasteiger partial charge >= 0.3 is 0 Å². The van der Waals surface area contributed by atoms with Crippen molar-refractivity contribution in [1.82, 2.24) is 0 Å². The zero-order valence-corrected chi connectivity index (χ0v) is 12.2. The predicted molar refractivity (Wildman–Crippen MR) is 73.4 cm³/mol. The van der Waals surface area contributed by atoms with Crippen LogP contribution in [0, 0.1) is 0 Å². The van der Waals surface area contributed by atoms with Crippen LogP contribution in [0.1, 0.15) is 12.5 Å². The third kappa shape index (κ3) is 3.37. The summed E-state index contributed by atoms with van der Waals surface area (Å²) < 4.78 is 6.20. The number of benzene rings is 1. The Balaban J connectivity index is 2.84. The maximum Gasteiger partial charge on any atom is 0.0663 e. The minimum atomic E-state index is 0.346. The van der Waals surface area contributed by atoms with Gasteiger partial charge in [0, 0.05) is 36.2 Å². The molecule has 0 saturated carbocycles. The van der Waals surface area contributed by atoms with Crippen LogP contribution in [-0.2, 0) is 10.6 Å². The summed E-state index contributed by atoms with van der Waals surface area (Å²) in [5.74, 6) is 0.526. The van der Waals surface area contributed by atoms with Crippen molar-refractivity contribution >= 4 is 33.2 Å². The van der Waals surface area contributed by atoms with Gasteiger partial charge in [0.1, 0.15) is 0 Å². The molecule has 2 nitrogen and oxygen atoms in total. The number of hydrogen-bond donors (Lipinski definition) is 0. The Kier molecular flexibility index (Phi) is 5.59. The van der Waals surface area contributed by atoms with Crippen molar-refractivity contribution in [3.05, 3.63) is 28.2 Å². The quantitative estimate of drug-likeness (QED) is 0.770. The van der Waals surface area contributed by atoms with Crippen molar-refractivity contribution in [1.29, 1.82) is 0 Å². The average Bonchev–Trinajstić information content (AvgIpc) is 2.28. The largest absolute Gasteiger partial charge is 0.383 e. The Morgan fingerprint density at radius 2 is 2.19 bits per heavy atom. The summed E-state index contributed by atoms with van der Waals surface area (Å²) >= 11 is 9.33. The number of anilines is 1. The first-order chi connectivity index (χ1) is 7.60. The summed E-state index contributed by atoms with van der Waals surface area (Å²) in [7, 11) is 3.78. The number of likely N-dealkylation sites (N-methyl/N-ethyl adjacent to an activating group) is 1. The highest BCUT2D eigenvalue weighted by molar-refractivity contribution is 9.10. The SMILES string of the molecule is COCC(C)N(C)c1ccc(CCl)c(Br)c1. The van der Waals surface area contributed by atoms with Gasteiger partial charge in [-0.15, -0.1) is 11.6 Å². The van der Waals surface area contributed by atoms with E-state index in [-0.39, 0.29) is 0 Å². The predicted octanol–water partition coefficient (Wildman–Crippen LogP) is 3.66. The summed E-state index contributed by atoms with van der Waals surface area (Å²) in [6.07, 6.45) is 0. The second-order valence-electron chi connectivity index (χ2n) is 3.82. The van der Waals surface area contributed by atoms with Crippen LogP contribution in [-0.4, -0.2) is 26.8 Å². The first-order valence-electron chi connectivity index (χ1n) is 5.16. The highest BCUT2D eigenvalue weighted by Crippen LogP contribution is 2.25. The number of alkyl halides is 1. The van der Waals surface area contributed by atoms with Gasteiger partial charge in [-0.1, -0.05) is 22.0 Å². The zero-order chi connectivity index (χ0) is 12.1. The number of hydrogen-bond acceptors (Lipinski definition) is 2. The minimum absolute atomic E-state index is 0.346. The highest BCUT2D eigenvalue weighted by Gasteiger charge is 2.10. The van der Waals surface area contributed by atoms with Crippen LogP contribution in [0.15, 0.2) is 22.7 Å². The molecule has 0 amide bonds. The molecule has 1 atom stereocenters. The molecule has 0 aliphatic carbocycles. The number of methoxy groups -OCH3 is 1. The fourth-order valence-corrected chi connectivity index (χ4v) is 2.37. The van der Waals surface area contributed by atoms with E-state index in [2.05, 4.69) is 46.9 Å². The van der Waals surface area contributed by atoms with Gasteiger partial charge in [0.25, 0.3) is 0 Å². The van der Waals surface area contributed by atoms with Crippen molar-refractivity contribution in [2.45, 2.75) is 18.8 Å². The summed E-state index contributed by atoms with van der Waals surface area (Å²) in [6, 6.07) is 6.56. The van der Waals surface area contributed by atoms with Crippen LogP contribution in [0.3, 0.4) is 0 Å². The van der Waals surface area contributed by atoms with E-state index in [0.717, 1.165) is 15.7 Å². The zero-order valence-electron chi connectivity index (χ0n) is 9.84. The van der Waals surface area contributed by atoms with Gasteiger partial charge in [-0.3, -0.25) is 0 Å². The summed E-state index contributed by atoms with van der Waals surface area (Å²) in [5, 5.41) is 0. The Labute approximate surface area is 111 Å². The van der Waals surface area contributed by atoms with E-state index in [4.69, 9.17) is 16.3 Å². The highest BCUT2D eigenvalue weighted by atomic mass is 79.9. The lowest BCUT2D eigenvalue weighted by Gasteiger charge is -2.26. The molecule has 1 aromatic carbocycles. The van der Waals surface area contributed by atoms with Crippen LogP contribution in [0.25, 0.3) is 0 Å². The third-order valence-corrected chi connectivity index (χ3v) is 3.68. The van der Waals surface area contributed by atoms with E-state index < -0.39 is 0 Å². The Morgan fingerprint density at radius 1 is 1.50 bits per heavy atom. The van der Waals surface area contributed by atoms with Crippen molar-refractivity contribution in [2.24, 2.45) is 0 Å². The van der Waals surface area contributed by atoms with Gasteiger partial charge in [0.05, 0.1) is 6.61 Å². The van der Waals surface area contributed by atoms with Crippen molar-refractivity contribution in [3.63, 3.8) is 0 Å². The van der Waals surface area contributed by atoms with Crippen LogP contribution >= 0.6 is 27.5 Å². The lowest BCUT2D eigenvalue weighted by Crippen LogP contribution is -2.32. The molecule has 0 bridgehead atoms. The van der Waals surface area contributed by atoms with E-state index in [1.165, 1.54) is 0 Å². The van der Waals surface area contributed by atoms with Gasteiger partial charge in [0.2, 0.25) is 0 Å². The maximum absolute atomic E-state index is 5.81. The average molecular weight is 307 g/mol. The van der Waals surface area contributed by atoms with Crippen molar-refractivity contribution < 1.29 is 4.74 Å². The fourth-order valence-electron chi connectivity index (χ4n) is 1.47. The Bertz CT molecular complexity index is 346. The van der Waals surface area contributed by atoms with Gasteiger partial charge in [0.15, 0.2) is 0 Å². The number of nitrogens with zero attached hydrogens (tertiary/aromatic N) is 1. The summed E-state index contributed by atoms with van der Waals surface area (Å²) in [6.45, 7) is 2.85. The third-order valence-electron chi connectivity index (χ3n) is 2.66. The maximum atomic E-state index is 5.81. The standard InChI is InChI=1S/C12H17BrClNO/c1-9(8-16-3)15(2)11-5-4-10(7-14)12(13)6-11/h4-6,9H,7-8H2,1-3H3. The second-order valence-corrected chi connectivity index (χ2v) is 4.95. The van der Waals surface area contributed by atoms with E-state index in [1.807, 2.05) is 6.07 Å². The molecule has 4 heteroatoms. The molecule has 0 aromatic heterocycles. The van der Waals surface area contributed by atoms with Crippen LogP contribution in [0.2, 0.25) is 0 Å². The van der Waals surface area contributed by atoms with Gasteiger partial charge < -0.3 is 9.64 Å². The summed E-state index contributed by atoms with van der Waals surface area (Å²) in [4.78, 5) is 2.19. The summed E-state index contributed by atoms with van der Waals surface area (Å²) in [5.41, 5.74) is 2.27. The molecule has 0 N–H and O–H groups in total. The van der Waals surface area contributed by atoms with E-state index >= 15 is 0 Å². The van der Waals surface area contributed by atoms with E-state index in [9.17, 15) is 0 Å². The topological polar surface area (TPSA) is 12.5 Å². The molecule has 90 valence electrons. The first kappa shape index (κ1) is 13.8. The normalized spacial score (nSPS) is 12.6. The molecular weight excluding hydrogens is 289 g/mol. The lowest BCUT2D eigenvalue weighted by molar-refractivity contribution is 0.183. The molecule has 16 heavy (non-hydrogen) atoms. The molecule has 1 rings (SSSR count). The number of halogens is 2. The molecular formula is C12H17BrClNO. The van der Waals surface area contributed by atoms with Crippen LogP contribution < -0.4 is 4.90 Å². The second kappa shape index (κ2) is 6.48. The van der Waals surface area contributed by atoms with Gasteiger partial charge in [-0.05, 0) is 24.6 Å². The first-order valence-corrected chi connectivity index (χ1v) is 6.49. The Morgan fingerprint density at radius 3 is 2.69 bits per heavy atom. The molecule has 1 aromatic rings. The van der Waals surface area contributed by atoms with Crippen LogP contribution in [0.5, 0.6) is 0 Å². The fraction of sp³-hybridized carbons (Fsp3) is 0.500. The molecule has 0 radical (unpaired) electrons. The number of rotatable bonds is 5. The lowest BCUT2D eigenvalue weighted by atomic mass is 10.2. The van der Waals surface area contributed by atoms with Crippen molar-refractivity contribution in [2.75, 3.05) is 25.7 Å². The molecule has 1 unspecified atom stereocenters. The Hall–Kier alpha value is -0.250. The minimum Gasteiger partial charge on any atom is -0.383 e. The van der Waals surface area contributed by atoms with Crippen LogP contribution in [0.4, 0.5) is 5.69 Å². The van der Waals surface area contributed by atoms with Gasteiger partial charge in [-0.25, -0.2) is 0 Å².